The second-order valence-electron chi connectivity index (χ2n) is 2.52. The molecule has 1 rings (SSSR count). The first kappa shape index (κ1) is 9.67. The molecule has 1 aromatic carbocycles. The van der Waals surface area contributed by atoms with Crippen LogP contribution in [0.3, 0.4) is 0 Å². The second kappa shape index (κ2) is 4.57. The van der Waals surface area contributed by atoms with Crippen molar-refractivity contribution in [3.63, 3.8) is 0 Å². The lowest BCUT2D eigenvalue weighted by molar-refractivity contribution is 0.446. The minimum Gasteiger partial charge on any atom is -0.375 e. The Morgan fingerprint density at radius 1 is 1.46 bits per heavy atom. The number of hydrazone groups is 1. The van der Waals surface area contributed by atoms with Gasteiger partial charge in [0.1, 0.15) is 0 Å². The van der Waals surface area contributed by atoms with E-state index in [0.717, 1.165) is 5.56 Å². The zero-order valence-electron chi connectivity index (χ0n) is 7.18. The summed E-state index contributed by atoms with van der Waals surface area (Å²) in [7, 11) is 0. The molecular formula is C9H11N3S. The lowest BCUT2D eigenvalue weighted by Gasteiger charge is -2.15. The van der Waals surface area contributed by atoms with Crippen LogP contribution >= 0.6 is 12.2 Å². The van der Waals surface area contributed by atoms with Crippen molar-refractivity contribution in [2.75, 3.05) is 0 Å². The molecule has 0 aliphatic heterocycles. The standard InChI is InChI=1S/C9H11N3S/c1-11-12(9(10)13)7-8-5-3-2-4-6-8/h2-6H,1,7H2,(H2,10,13). The molecule has 0 amide bonds. The van der Waals surface area contributed by atoms with Crippen LogP contribution in [0.1, 0.15) is 5.56 Å². The number of thiocarbonyl (C=S) groups is 1. The molecule has 0 saturated heterocycles. The monoisotopic (exact) mass is 193 g/mol. The maximum atomic E-state index is 5.42. The molecule has 0 radical (unpaired) electrons. The topological polar surface area (TPSA) is 41.6 Å². The van der Waals surface area contributed by atoms with Crippen molar-refractivity contribution in [2.45, 2.75) is 6.54 Å². The van der Waals surface area contributed by atoms with Crippen LogP contribution in [0.5, 0.6) is 0 Å². The number of hydrogen-bond donors (Lipinski definition) is 1. The Morgan fingerprint density at radius 3 is 2.54 bits per heavy atom. The largest absolute Gasteiger partial charge is 0.375 e. The average Bonchev–Trinajstić information content (AvgIpc) is 2.15. The first-order valence-corrected chi connectivity index (χ1v) is 4.22. The van der Waals surface area contributed by atoms with Gasteiger partial charge in [-0.05, 0) is 17.8 Å². The minimum absolute atomic E-state index is 0.235. The van der Waals surface area contributed by atoms with Crippen molar-refractivity contribution in [1.29, 1.82) is 0 Å². The lowest BCUT2D eigenvalue weighted by Crippen LogP contribution is -2.30. The van der Waals surface area contributed by atoms with Crippen LogP contribution in [0.2, 0.25) is 0 Å². The normalized spacial score (nSPS) is 9.23. The van der Waals surface area contributed by atoms with Crippen molar-refractivity contribution in [3.05, 3.63) is 35.9 Å². The molecule has 0 aliphatic carbocycles. The maximum absolute atomic E-state index is 5.42. The third kappa shape index (κ3) is 2.83. The number of hydrogen-bond acceptors (Lipinski definition) is 2. The number of nitrogens with zero attached hydrogens (tertiary/aromatic N) is 2. The average molecular weight is 193 g/mol. The molecule has 0 aromatic heterocycles. The van der Waals surface area contributed by atoms with Gasteiger partial charge in [-0.1, -0.05) is 30.3 Å². The van der Waals surface area contributed by atoms with Gasteiger partial charge in [0.15, 0.2) is 5.11 Å². The van der Waals surface area contributed by atoms with Crippen LogP contribution in [0.15, 0.2) is 35.4 Å². The van der Waals surface area contributed by atoms with E-state index in [1.165, 1.54) is 5.01 Å². The van der Waals surface area contributed by atoms with E-state index in [4.69, 9.17) is 18.0 Å². The first-order valence-electron chi connectivity index (χ1n) is 3.81. The van der Waals surface area contributed by atoms with Crippen LogP contribution in [0.4, 0.5) is 0 Å². The summed E-state index contributed by atoms with van der Waals surface area (Å²) < 4.78 is 0. The van der Waals surface area contributed by atoms with E-state index in [0.29, 0.717) is 6.54 Å². The van der Waals surface area contributed by atoms with Gasteiger partial charge in [-0.25, -0.2) is 5.01 Å². The van der Waals surface area contributed by atoms with E-state index >= 15 is 0 Å². The molecule has 4 heteroatoms. The third-order valence-corrected chi connectivity index (χ3v) is 1.81. The van der Waals surface area contributed by atoms with E-state index < -0.39 is 0 Å². The predicted molar refractivity (Wildman–Crippen MR) is 58.3 cm³/mol. The Kier molecular flexibility index (Phi) is 3.40. The Morgan fingerprint density at radius 2 is 2.08 bits per heavy atom. The van der Waals surface area contributed by atoms with Crippen molar-refractivity contribution >= 4 is 24.0 Å². The number of rotatable bonds is 3. The highest BCUT2D eigenvalue weighted by Crippen LogP contribution is 2.03. The summed E-state index contributed by atoms with van der Waals surface area (Å²) in [6, 6.07) is 9.83. The summed E-state index contributed by atoms with van der Waals surface area (Å²) in [4.78, 5) is 0. The van der Waals surface area contributed by atoms with Gasteiger partial charge in [-0.2, -0.15) is 5.10 Å². The quantitative estimate of drug-likeness (QED) is 0.447. The Hall–Kier alpha value is -1.42. The summed E-state index contributed by atoms with van der Waals surface area (Å²) >= 11 is 4.79. The maximum Gasteiger partial charge on any atom is 0.187 e. The fourth-order valence-corrected chi connectivity index (χ4v) is 1.08. The molecule has 0 unspecified atom stereocenters. The van der Waals surface area contributed by atoms with Gasteiger partial charge in [0, 0.05) is 6.72 Å². The van der Waals surface area contributed by atoms with E-state index in [-0.39, 0.29) is 5.11 Å². The van der Waals surface area contributed by atoms with E-state index in [9.17, 15) is 0 Å². The summed E-state index contributed by atoms with van der Waals surface area (Å²) in [5.41, 5.74) is 6.52. The summed E-state index contributed by atoms with van der Waals surface area (Å²) in [6.45, 7) is 3.96. The molecule has 0 fully saturated rings. The SMILES string of the molecule is C=NN(Cc1ccccc1)C(N)=S. The second-order valence-corrected chi connectivity index (χ2v) is 2.94. The van der Waals surface area contributed by atoms with Crippen molar-refractivity contribution < 1.29 is 0 Å². The van der Waals surface area contributed by atoms with E-state index in [2.05, 4.69) is 11.8 Å². The third-order valence-electron chi connectivity index (χ3n) is 1.60. The molecule has 0 bridgehead atoms. The summed E-state index contributed by atoms with van der Waals surface area (Å²) in [5, 5.41) is 5.41. The van der Waals surface area contributed by atoms with Gasteiger partial charge in [0.2, 0.25) is 0 Å². The molecule has 68 valence electrons. The van der Waals surface area contributed by atoms with Crippen molar-refractivity contribution in [3.8, 4) is 0 Å². The zero-order chi connectivity index (χ0) is 9.68. The van der Waals surface area contributed by atoms with Crippen LogP contribution in [-0.2, 0) is 6.54 Å². The molecule has 13 heavy (non-hydrogen) atoms. The summed E-state index contributed by atoms with van der Waals surface area (Å²) in [6.07, 6.45) is 0. The van der Waals surface area contributed by atoms with Gasteiger partial charge in [0.25, 0.3) is 0 Å². The van der Waals surface area contributed by atoms with Crippen molar-refractivity contribution in [1.82, 2.24) is 5.01 Å². The van der Waals surface area contributed by atoms with Crippen LogP contribution in [0, 0.1) is 0 Å². The van der Waals surface area contributed by atoms with Gasteiger partial charge in [0.05, 0.1) is 6.54 Å². The lowest BCUT2D eigenvalue weighted by atomic mass is 10.2. The highest BCUT2D eigenvalue weighted by Gasteiger charge is 2.02. The Bertz CT molecular complexity index is 297. The molecule has 0 saturated carbocycles. The molecule has 0 aliphatic rings. The summed E-state index contributed by atoms with van der Waals surface area (Å²) in [5.74, 6) is 0. The molecule has 0 atom stereocenters. The number of benzene rings is 1. The Labute approximate surface area is 82.9 Å². The van der Waals surface area contributed by atoms with E-state index in [1.807, 2.05) is 30.3 Å². The zero-order valence-corrected chi connectivity index (χ0v) is 8.00. The molecule has 1 aromatic rings. The van der Waals surface area contributed by atoms with Gasteiger partial charge >= 0.3 is 0 Å². The van der Waals surface area contributed by atoms with Crippen LogP contribution < -0.4 is 5.73 Å². The number of nitrogens with two attached hydrogens (primary N) is 1. The minimum atomic E-state index is 0.235. The fraction of sp³-hybridized carbons (Fsp3) is 0.111. The Balaban J connectivity index is 2.67. The van der Waals surface area contributed by atoms with Gasteiger partial charge < -0.3 is 5.73 Å². The molecule has 0 heterocycles. The molecule has 2 N–H and O–H groups in total. The molecular weight excluding hydrogens is 182 g/mol. The highest BCUT2D eigenvalue weighted by atomic mass is 32.1. The predicted octanol–water partition coefficient (Wildman–Crippen LogP) is 1.35. The van der Waals surface area contributed by atoms with Crippen molar-refractivity contribution in [2.24, 2.45) is 10.8 Å². The van der Waals surface area contributed by atoms with Crippen LogP contribution in [0.25, 0.3) is 0 Å². The smallest absolute Gasteiger partial charge is 0.187 e. The fourth-order valence-electron chi connectivity index (χ4n) is 0.954. The van der Waals surface area contributed by atoms with Crippen LogP contribution in [-0.4, -0.2) is 16.8 Å². The van der Waals surface area contributed by atoms with Gasteiger partial charge in [-0.15, -0.1) is 0 Å². The van der Waals surface area contributed by atoms with E-state index in [1.54, 1.807) is 0 Å². The first-order chi connectivity index (χ1) is 6.24. The van der Waals surface area contributed by atoms with Gasteiger partial charge in [-0.3, -0.25) is 0 Å². The highest BCUT2D eigenvalue weighted by molar-refractivity contribution is 7.80. The molecule has 0 spiro atoms. The molecule has 3 nitrogen and oxygen atoms in total.